The highest BCUT2D eigenvalue weighted by molar-refractivity contribution is 5.61. The van der Waals surface area contributed by atoms with Gasteiger partial charge in [0.25, 0.3) is 0 Å². The Bertz CT molecular complexity index is 448. The molecule has 1 aliphatic heterocycles. The molecule has 0 spiro atoms. The number of ether oxygens (including phenoxy) is 1. The van der Waals surface area contributed by atoms with E-state index in [1.165, 1.54) is 0 Å². The van der Waals surface area contributed by atoms with Crippen LogP contribution in [0.15, 0.2) is 18.2 Å². The lowest BCUT2D eigenvalue weighted by atomic mass is 10.0. The summed E-state index contributed by atoms with van der Waals surface area (Å²) in [4.78, 5) is 4.76. The molecule has 0 aliphatic carbocycles. The average Bonchev–Trinajstić information content (AvgIpc) is 2.58. The van der Waals surface area contributed by atoms with E-state index in [0.29, 0.717) is 6.04 Å². The maximum absolute atomic E-state index is 10.1. The number of likely N-dealkylation sites (N-methyl/N-ethyl adjacent to an activating group) is 1. The van der Waals surface area contributed by atoms with Gasteiger partial charge < -0.3 is 19.6 Å². The minimum atomic E-state index is -0.533. The van der Waals surface area contributed by atoms with E-state index < -0.39 is 6.10 Å². The maximum Gasteiger partial charge on any atom is 0.126 e. The molecule has 1 saturated heterocycles. The Morgan fingerprint density at radius 3 is 2.75 bits per heavy atom. The molecule has 0 bridgehead atoms. The summed E-state index contributed by atoms with van der Waals surface area (Å²) in [5.74, 6) is 0.766. The number of hydrogen-bond donors (Lipinski definition) is 1. The molecule has 2 rings (SSSR count). The number of rotatable bonds is 3. The summed E-state index contributed by atoms with van der Waals surface area (Å²) in [6.07, 6.45) is 0.603. The first-order chi connectivity index (χ1) is 9.54. The van der Waals surface area contributed by atoms with Crippen LogP contribution in [-0.2, 0) is 0 Å². The number of aliphatic hydroxyl groups is 1. The standard InChI is InChI=1S/C16H26N2O2/c1-12-11-17(3)9-6-10-18(12)14-7-5-8-15(20-4)16(14)13(2)19/h5,7-8,12-13,19H,6,9-11H2,1-4H3/t12?,13-/m0/s1. The smallest absolute Gasteiger partial charge is 0.126 e. The first-order valence-corrected chi connectivity index (χ1v) is 7.34. The van der Waals surface area contributed by atoms with Crippen molar-refractivity contribution < 1.29 is 9.84 Å². The molecule has 0 amide bonds. The number of benzene rings is 1. The summed E-state index contributed by atoms with van der Waals surface area (Å²) in [5.41, 5.74) is 1.99. The van der Waals surface area contributed by atoms with E-state index in [0.717, 1.165) is 43.1 Å². The minimum absolute atomic E-state index is 0.423. The van der Waals surface area contributed by atoms with Gasteiger partial charge in [-0.3, -0.25) is 0 Å². The zero-order valence-corrected chi connectivity index (χ0v) is 13.0. The molecule has 20 heavy (non-hydrogen) atoms. The fraction of sp³-hybridized carbons (Fsp3) is 0.625. The van der Waals surface area contributed by atoms with Gasteiger partial charge in [0, 0.05) is 30.4 Å². The van der Waals surface area contributed by atoms with E-state index in [-0.39, 0.29) is 0 Å². The van der Waals surface area contributed by atoms with E-state index in [1.54, 1.807) is 14.0 Å². The van der Waals surface area contributed by atoms with Crippen LogP contribution >= 0.6 is 0 Å². The van der Waals surface area contributed by atoms with Crippen molar-refractivity contribution in [3.05, 3.63) is 23.8 Å². The quantitative estimate of drug-likeness (QED) is 0.920. The Balaban J connectivity index is 2.40. The number of anilines is 1. The first kappa shape index (κ1) is 15.1. The van der Waals surface area contributed by atoms with E-state index >= 15 is 0 Å². The molecule has 1 heterocycles. The van der Waals surface area contributed by atoms with Crippen molar-refractivity contribution in [3.63, 3.8) is 0 Å². The molecule has 1 aliphatic rings. The highest BCUT2D eigenvalue weighted by Crippen LogP contribution is 2.36. The lowest BCUT2D eigenvalue weighted by Gasteiger charge is -2.33. The molecule has 4 nitrogen and oxygen atoms in total. The van der Waals surface area contributed by atoms with Crippen LogP contribution in [0.4, 0.5) is 5.69 Å². The lowest BCUT2D eigenvalue weighted by molar-refractivity contribution is 0.194. The van der Waals surface area contributed by atoms with Gasteiger partial charge >= 0.3 is 0 Å². The fourth-order valence-corrected chi connectivity index (χ4v) is 3.11. The van der Waals surface area contributed by atoms with Gasteiger partial charge in [-0.2, -0.15) is 0 Å². The van der Waals surface area contributed by atoms with Crippen molar-refractivity contribution in [2.45, 2.75) is 32.4 Å². The largest absolute Gasteiger partial charge is 0.496 e. The van der Waals surface area contributed by atoms with Crippen molar-refractivity contribution in [1.29, 1.82) is 0 Å². The molecule has 1 unspecified atom stereocenters. The molecule has 1 fully saturated rings. The summed E-state index contributed by atoms with van der Waals surface area (Å²) in [6, 6.07) is 6.43. The Morgan fingerprint density at radius 2 is 2.10 bits per heavy atom. The lowest BCUT2D eigenvalue weighted by Crippen LogP contribution is -2.38. The second-order valence-electron chi connectivity index (χ2n) is 5.73. The van der Waals surface area contributed by atoms with Gasteiger partial charge in [0.15, 0.2) is 0 Å². The van der Waals surface area contributed by atoms with Crippen LogP contribution in [0.5, 0.6) is 5.75 Å². The predicted molar refractivity (Wildman–Crippen MR) is 82.5 cm³/mol. The number of aliphatic hydroxyl groups excluding tert-OH is 1. The summed E-state index contributed by atoms with van der Waals surface area (Å²) < 4.78 is 5.43. The minimum Gasteiger partial charge on any atom is -0.496 e. The molecule has 0 saturated carbocycles. The zero-order chi connectivity index (χ0) is 14.7. The molecule has 0 radical (unpaired) electrons. The van der Waals surface area contributed by atoms with Crippen LogP contribution in [0, 0.1) is 0 Å². The van der Waals surface area contributed by atoms with Crippen molar-refractivity contribution in [2.75, 3.05) is 38.7 Å². The molecule has 1 aromatic rings. The number of nitrogens with zero attached hydrogens (tertiary/aromatic N) is 2. The van der Waals surface area contributed by atoms with Crippen LogP contribution in [0.25, 0.3) is 0 Å². The Morgan fingerprint density at radius 1 is 1.35 bits per heavy atom. The molecule has 4 heteroatoms. The van der Waals surface area contributed by atoms with E-state index in [2.05, 4.69) is 29.8 Å². The van der Waals surface area contributed by atoms with Crippen LogP contribution in [0.3, 0.4) is 0 Å². The third-order valence-electron chi connectivity index (χ3n) is 4.04. The van der Waals surface area contributed by atoms with E-state index in [4.69, 9.17) is 4.74 Å². The van der Waals surface area contributed by atoms with E-state index in [9.17, 15) is 5.11 Å². The van der Waals surface area contributed by atoms with Gasteiger partial charge in [-0.1, -0.05) is 6.07 Å². The third-order valence-corrected chi connectivity index (χ3v) is 4.04. The normalized spacial score (nSPS) is 22.4. The first-order valence-electron chi connectivity index (χ1n) is 7.34. The SMILES string of the molecule is COc1cccc(N2CCCN(C)CC2C)c1[C@H](C)O. The van der Waals surface area contributed by atoms with Crippen LogP contribution in [0.2, 0.25) is 0 Å². The van der Waals surface area contributed by atoms with Gasteiger partial charge in [0.1, 0.15) is 5.75 Å². The Labute approximate surface area is 122 Å². The van der Waals surface area contributed by atoms with Crippen molar-refractivity contribution >= 4 is 5.69 Å². The second kappa shape index (κ2) is 6.46. The second-order valence-corrected chi connectivity index (χ2v) is 5.73. The van der Waals surface area contributed by atoms with Gasteiger partial charge in [-0.05, 0) is 46.0 Å². The average molecular weight is 278 g/mol. The summed E-state index contributed by atoms with van der Waals surface area (Å²) in [7, 11) is 3.83. The summed E-state index contributed by atoms with van der Waals surface area (Å²) >= 11 is 0. The zero-order valence-electron chi connectivity index (χ0n) is 13.0. The van der Waals surface area contributed by atoms with Crippen LogP contribution in [-0.4, -0.2) is 49.8 Å². The van der Waals surface area contributed by atoms with E-state index in [1.807, 2.05) is 12.1 Å². The Kier molecular flexibility index (Phi) is 4.89. The van der Waals surface area contributed by atoms with Crippen LogP contribution < -0.4 is 9.64 Å². The molecule has 1 aromatic carbocycles. The van der Waals surface area contributed by atoms with Gasteiger partial charge in [0.2, 0.25) is 0 Å². The molecule has 1 N–H and O–H groups in total. The molecule has 2 atom stereocenters. The number of hydrogen-bond acceptors (Lipinski definition) is 4. The topological polar surface area (TPSA) is 35.9 Å². The van der Waals surface area contributed by atoms with Gasteiger partial charge in [0.05, 0.1) is 13.2 Å². The molecular formula is C16H26N2O2. The van der Waals surface area contributed by atoms with Crippen molar-refractivity contribution in [3.8, 4) is 5.75 Å². The molecule has 0 aromatic heterocycles. The summed E-state index contributed by atoms with van der Waals surface area (Å²) in [5, 5.41) is 10.1. The maximum atomic E-state index is 10.1. The van der Waals surface area contributed by atoms with Crippen molar-refractivity contribution in [1.82, 2.24) is 4.90 Å². The fourth-order valence-electron chi connectivity index (χ4n) is 3.11. The third kappa shape index (κ3) is 3.07. The highest BCUT2D eigenvalue weighted by Gasteiger charge is 2.24. The van der Waals surface area contributed by atoms with Gasteiger partial charge in [-0.25, -0.2) is 0 Å². The van der Waals surface area contributed by atoms with Gasteiger partial charge in [-0.15, -0.1) is 0 Å². The highest BCUT2D eigenvalue weighted by atomic mass is 16.5. The van der Waals surface area contributed by atoms with Crippen LogP contribution in [0.1, 0.15) is 31.9 Å². The monoisotopic (exact) mass is 278 g/mol. The molecular weight excluding hydrogens is 252 g/mol. The number of methoxy groups -OCH3 is 1. The summed E-state index contributed by atoms with van der Waals surface area (Å²) in [6.45, 7) is 7.22. The molecule has 112 valence electrons. The predicted octanol–water partition coefficient (Wildman–Crippen LogP) is 2.28. The Hall–Kier alpha value is -1.26. The van der Waals surface area contributed by atoms with Crippen molar-refractivity contribution in [2.24, 2.45) is 0 Å².